The van der Waals surface area contributed by atoms with E-state index in [1.165, 1.54) is 5.56 Å². The molecular weight excluding hydrogens is 212 g/mol. The third-order valence-electron chi connectivity index (χ3n) is 2.74. The lowest BCUT2D eigenvalue weighted by atomic mass is 10.0. The monoisotopic (exact) mass is 234 g/mol. The van der Waals surface area contributed by atoms with E-state index in [9.17, 15) is 4.79 Å². The zero-order chi connectivity index (χ0) is 12.8. The summed E-state index contributed by atoms with van der Waals surface area (Å²) in [7, 11) is 4.04. The minimum Gasteiger partial charge on any atom is -0.308 e. The normalized spacial score (nSPS) is 12.8. The van der Waals surface area contributed by atoms with Gasteiger partial charge in [-0.2, -0.15) is 0 Å². The summed E-state index contributed by atoms with van der Waals surface area (Å²) in [5, 5.41) is 3.24. The van der Waals surface area contributed by atoms with E-state index in [4.69, 9.17) is 0 Å². The number of hydrogen-bond acceptors (Lipinski definition) is 3. The van der Waals surface area contributed by atoms with Crippen LogP contribution in [0.4, 0.5) is 0 Å². The van der Waals surface area contributed by atoms with Crippen molar-refractivity contribution in [1.82, 2.24) is 10.2 Å². The number of benzene rings is 1. The number of nitrogens with one attached hydrogen (secondary N) is 1. The van der Waals surface area contributed by atoms with Crippen LogP contribution >= 0.6 is 0 Å². The molecule has 0 bridgehead atoms. The van der Waals surface area contributed by atoms with Crippen molar-refractivity contribution in [1.29, 1.82) is 0 Å². The number of ketones is 1. The molecule has 0 saturated carbocycles. The smallest absolute Gasteiger partial charge is 0.179 e. The fourth-order valence-corrected chi connectivity index (χ4v) is 1.57. The number of hydrogen-bond donors (Lipinski definition) is 1. The van der Waals surface area contributed by atoms with Gasteiger partial charge in [0.1, 0.15) is 0 Å². The standard InChI is InChI=1S/C14H22N2O/c1-11-5-7-13(8-6-11)14(17)12(2)15-9-10-16(3)4/h5-8,12,15H,9-10H2,1-4H3. The van der Waals surface area contributed by atoms with Gasteiger partial charge >= 0.3 is 0 Å². The zero-order valence-electron chi connectivity index (χ0n) is 11.2. The van der Waals surface area contributed by atoms with Crippen molar-refractivity contribution in [2.45, 2.75) is 19.9 Å². The Kier molecular flexibility index (Phi) is 5.32. The first-order valence-corrected chi connectivity index (χ1v) is 5.99. The largest absolute Gasteiger partial charge is 0.308 e. The Morgan fingerprint density at radius 2 is 1.88 bits per heavy atom. The summed E-state index contributed by atoms with van der Waals surface area (Å²) in [6.07, 6.45) is 0. The molecule has 0 aliphatic heterocycles. The highest BCUT2D eigenvalue weighted by Gasteiger charge is 2.13. The van der Waals surface area contributed by atoms with Gasteiger partial charge in [-0.05, 0) is 27.9 Å². The molecule has 1 atom stereocenters. The van der Waals surface area contributed by atoms with Crippen molar-refractivity contribution in [2.24, 2.45) is 0 Å². The Morgan fingerprint density at radius 1 is 1.29 bits per heavy atom. The van der Waals surface area contributed by atoms with Crippen LogP contribution in [0.2, 0.25) is 0 Å². The van der Waals surface area contributed by atoms with Crippen LogP contribution in [0, 0.1) is 6.92 Å². The molecule has 3 nitrogen and oxygen atoms in total. The van der Waals surface area contributed by atoms with Gasteiger partial charge in [0.05, 0.1) is 6.04 Å². The van der Waals surface area contributed by atoms with Crippen molar-refractivity contribution < 1.29 is 4.79 Å². The summed E-state index contributed by atoms with van der Waals surface area (Å²) in [4.78, 5) is 14.1. The van der Waals surface area contributed by atoms with E-state index in [1.807, 2.05) is 52.2 Å². The minimum atomic E-state index is -0.127. The molecule has 0 heterocycles. The van der Waals surface area contributed by atoms with Crippen LogP contribution in [0.1, 0.15) is 22.8 Å². The van der Waals surface area contributed by atoms with E-state index in [1.54, 1.807) is 0 Å². The summed E-state index contributed by atoms with van der Waals surface area (Å²) in [6.45, 7) is 5.70. The number of Topliss-reactive ketones (excluding diaryl/α,β-unsaturated/α-hetero) is 1. The summed E-state index contributed by atoms with van der Waals surface area (Å²) < 4.78 is 0. The fourth-order valence-electron chi connectivity index (χ4n) is 1.57. The molecule has 1 unspecified atom stereocenters. The molecule has 0 saturated heterocycles. The second-order valence-corrected chi connectivity index (χ2v) is 4.71. The molecule has 3 heteroatoms. The van der Waals surface area contributed by atoms with Crippen LogP contribution in [0.5, 0.6) is 0 Å². The van der Waals surface area contributed by atoms with Crippen molar-refractivity contribution in [2.75, 3.05) is 27.2 Å². The van der Waals surface area contributed by atoms with Gasteiger partial charge < -0.3 is 10.2 Å². The first-order valence-electron chi connectivity index (χ1n) is 5.99. The van der Waals surface area contributed by atoms with E-state index >= 15 is 0 Å². The lowest BCUT2D eigenvalue weighted by Crippen LogP contribution is -2.38. The predicted octanol–water partition coefficient (Wildman–Crippen LogP) is 1.72. The van der Waals surface area contributed by atoms with Gasteiger partial charge in [-0.3, -0.25) is 4.79 Å². The second-order valence-electron chi connectivity index (χ2n) is 4.71. The molecule has 1 rings (SSSR count). The highest BCUT2D eigenvalue weighted by Crippen LogP contribution is 2.06. The van der Waals surface area contributed by atoms with Gasteiger partial charge in [0.2, 0.25) is 0 Å². The first kappa shape index (κ1) is 13.9. The molecule has 94 valence electrons. The molecular formula is C14H22N2O. The lowest BCUT2D eigenvalue weighted by molar-refractivity contribution is 0.0950. The molecule has 1 aromatic rings. The number of nitrogens with zero attached hydrogens (tertiary/aromatic N) is 1. The van der Waals surface area contributed by atoms with Crippen molar-refractivity contribution in [3.8, 4) is 0 Å². The number of carbonyl (C=O) groups is 1. The third-order valence-corrected chi connectivity index (χ3v) is 2.74. The van der Waals surface area contributed by atoms with Gasteiger partial charge in [-0.15, -0.1) is 0 Å². The highest BCUT2D eigenvalue weighted by molar-refractivity contribution is 5.99. The summed E-state index contributed by atoms with van der Waals surface area (Å²) >= 11 is 0. The van der Waals surface area contributed by atoms with E-state index in [0.717, 1.165) is 18.7 Å². The minimum absolute atomic E-state index is 0.127. The van der Waals surface area contributed by atoms with Crippen LogP contribution < -0.4 is 5.32 Å². The van der Waals surface area contributed by atoms with Crippen LogP contribution in [0.15, 0.2) is 24.3 Å². The first-order chi connectivity index (χ1) is 8.00. The van der Waals surface area contributed by atoms with Crippen molar-refractivity contribution >= 4 is 5.78 Å². The van der Waals surface area contributed by atoms with Crippen LogP contribution in [-0.2, 0) is 0 Å². The van der Waals surface area contributed by atoms with Gasteiger partial charge in [-0.1, -0.05) is 29.8 Å². The highest BCUT2D eigenvalue weighted by atomic mass is 16.1. The second kappa shape index (κ2) is 6.52. The Bertz CT molecular complexity index is 357. The Morgan fingerprint density at radius 3 is 2.41 bits per heavy atom. The van der Waals surface area contributed by atoms with Crippen LogP contribution in [0.3, 0.4) is 0 Å². The van der Waals surface area contributed by atoms with Gasteiger partial charge in [0.25, 0.3) is 0 Å². The quantitative estimate of drug-likeness (QED) is 0.761. The van der Waals surface area contributed by atoms with E-state index in [2.05, 4.69) is 10.2 Å². The Labute approximate surface area is 104 Å². The maximum Gasteiger partial charge on any atom is 0.179 e. The Hall–Kier alpha value is -1.19. The van der Waals surface area contributed by atoms with Crippen LogP contribution in [-0.4, -0.2) is 43.9 Å². The van der Waals surface area contributed by atoms with Gasteiger partial charge in [-0.25, -0.2) is 0 Å². The van der Waals surface area contributed by atoms with Crippen LogP contribution in [0.25, 0.3) is 0 Å². The summed E-state index contributed by atoms with van der Waals surface area (Å²) in [6, 6.07) is 7.60. The van der Waals surface area contributed by atoms with Crippen molar-refractivity contribution in [3.63, 3.8) is 0 Å². The van der Waals surface area contributed by atoms with E-state index in [-0.39, 0.29) is 11.8 Å². The fraction of sp³-hybridized carbons (Fsp3) is 0.500. The molecule has 1 N–H and O–H groups in total. The van der Waals surface area contributed by atoms with E-state index < -0.39 is 0 Å². The molecule has 0 aromatic heterocycles. The number of rotatable bonds is 6. The summed E-state index contributed by atoms with van der Waals surface area (Å²) in [5.74, 6) is 0.156. The molecule has 17 heavy (non-hydrogen) atoms. The SMILES string of the molecule is Cc1ccc(C(=O)C(C)NCCN(C)C)cc1. The topological polar surface area (TPSA) is 32.3 Å². The maximum atomic E-state index is 12.1. The van der Waals surface area contributed by atoms with Gasteiger partial charge in [0.15, 0.2) is 5.78 Å². The number of likely N-dealkylation sites (N-methyl/N-ethyl adjacent to an activating group) is 1. The predicted molar refractivity (Wildman–Crippen MR) is 71.5 cm³/mol. The molecule has 0 spiro atoms. The average Bonchev–Trinajstić information content (AvgIpc) is 2.28. The zero-order valence-corrected chi connectivity index (χ0v) is 11.2. The molecule has 1 aromatic carbocycles. The molecule has 0 aliphatic rings. The third kappa shape index (κ3) is 4.67. The summed E-state index contributed by atoms with van der Waals surface area (Å²) in [5.41, 5.74) is 1.95. The Balaban J connectivity index is 2.49. The molecule has 0 fully saturated rings. The van der Waals surface area contributed by atoms with E-state index in [0.29, 0.717) is 0 Å². The molecule has 0 radical (unpaired) electrons. The molecule has 0 aliphatic carbocycles. The molecule has 0 amide bonds. The van der Waals surface area contributed by atoms with Crippen molar-refractivity contribution in [3.05, 3.63) is 35.4 Å². The number of carbonyl (C=O) groups excluding carboxylic acids is 1. The number of aryl methyl sites for hydroxylation is 1. The average molecular weight is 234 g/mol. The lowest BCUT2D eigenvalue weighted by Gasteiger charge is -2.15. The van der Waals surface area contributed by atoms with Gasteiger partial charge in [0, 0.05) is 18.7 Å². The maximum absolute atomic E-state index is 12.1.